The van der Waals surface area contributed by atoms with E-state index in [0.717, 1.165) is 0 Å². The summed E-state index contributed by atoms with van der Waals surface area (Å²) in [4.78, 5) is 78.0. The molecule has 0 N–H and O–H groups in total. The Kier molecular flexibility index (Phi) is 10.0. The van der Waals surface area contributed by atoms with Gasteiger partial charge in [0.1, 0.15) is 0 Å². The standard InChI is InChI=1S/C19H26N2O10/c22-14-6-7-15(23)20(14)30-18(26)4-1-2-10-28-12-13-29-11-3-5-19(27)31-21-16(24)8-9-17(21)25/h1-13H2. The van der Waals surface area contributed by atoms with E-state index < -0.39 is 35.6 Å². The summed E-state index contributed by atoms with van der Waals surface area (Å²) < 4.78 is 10.7. The fourth-order valence-electron chi connectivity index (χ4n) is 2.72. The van der Waals surface area contributed by atoms with Crippen LogP contribution in [0.25, 0.3) is 0 Å². The zero-order chi connectivity index (χ0) is 22.6. The lowest BCUT2D eigenvalue weighted by molar-refractivity contribution is -0.197. The normalized spacial score (nSPS) is 16.4. The number of hydrogen-bond acceptors (Lipinski definition) is 10. The predicted octanol–water partition coefficient (Wildman–Crippen LogP) is 0.185. The van der Waals surface area contributed by atoms with Gasteiger partial charge < -0.3 is 19.1 Å². The Morgan fingerprint density at radius 1 is 0.581 bits per heavy atom. The van der Waals surface area contributed by atoms with Crippen LogP contribution >= 0.6 is 0 Å². The topological polar surface area (TPSA) is 146 Å². The molecule has 0 aromatic carbocycles. The van der Waals surface area contributed by atoms with Gasteiger partial charge in [-0.05, 0) is 19.3 Å². The summed E-state index contributed by atoms with van der Waals surface area (Å²) in [6.07, 6.45) is 1.78. The second-order valence-corrected chi connectivity index (χ2v) is 6.88. The van der Waals surface area contributed by atoms with Gasteiger partial charge in [-0.1, -0.05) is 0 Å². The van der Waals surface area contributed by atoms with Gasteiger partial charge in [0.2, 0.25) is 0 Å². The summed E-state index contributed by atoms with van der Waals surface area (Å²) in [6.45, 7) is 1.35. The molecule has 172 valence electrons. The van der Waals surface area contributed by atoms with E-state index in [1.54, 1.807) is 0 Å². The fourth-order valence-corrected chi connectivity index (χ4v) is 2.72. The maximum atomic E-state index is 11.6. The maximum absolute atomic E-state index is 11.6. The summed E-state index contributed by atoms with van der Waals surface area (Å²) in [7, 11) is 0. The van der Waals surface area contributed by atoms with E-state index in [1.807, 2.05) is 0 Å². The zero-order valence-corrected chi connectivity index (χ0v) is 17.2. The van der Waals surface area contributed by atoms with Crippen molar-refractivity contribution in [3.63, 3.8) is 0 Å². The highest BCUT2D eigenvalue weighted by molar-refractivity contribution is 6.02. The van der Waals surface area contributed by atoms with Crippen molar-refractivity contribution < 1.29 is 47.9 Å². The first-order valence-electron chi connectivity index (χ1n) is 10.2. The van der Waals surface area contributed by atoms with Crippen LogP contribution in [-0.4, -0.2) is 72.1 Å². The summed E-state index contributed by atoms with van der Waals surface area (Å²) in [5.41, 5.74) is 0. The van der Waals surface area contributed by atoms with Gasteiger partial charge in [-0.3, -0.25) is 19.2 Å². The lowest BCUT2D eigenvalue weighted by atomic mass is 10.2. The molecular weight excluding hydrogens is 416 g/mol. The molecule has 0 radical (unpaired) electrons. The Balaban J connectivity index is 1.37. The van der Waals surface area contributed by atoms with Crippen LogP contribution in [0, 0.1) is 0 Å². The number of hydrogen-bond donors (Lipinski definition) is 0. The monoisotopic (exact) mass is 442 g/mol. The molecule has 12 heteroatoms. The summed E-state index contributed by atoms with van der Waals surface area (Å²) in [5.74, 6) is -3.34. The first-order valence-corrected chi connectivity index (χ1v) is 10.2. The van der Waals surface area contributed by atoms with E-state index in [9.17, 15) is 28.8 Å². The van der Waals surface area contributed by atoms with Gasteiger partial charge in [-0.25, -0.2) is 9.59 Å². The average molecular weight is 442 g/mol. The largest absolute Gasteiger partial charge is 0.379 e. The molecule has 12 nitrogen and oxygen atoms in total. The Hall–Kier alpha value is -2.86. The molecule has 2 heterocycles. The number of ether oxygens (including phenoxy) is 2. The molecule has 2 saturated heterocycles. The number of hydroxylamine groups is 4. The van der Waals surface area contributed by atoms with Gasteiger partial charge in [0.15, 0.2) is 0 Å². The van der Waals surface area contributed by atoms with Crippen molar-refractivity contribution in [2.24, 2.45) is 0 Å². The van der Waals surface area contributed by atoms with Gasteiger partial charge in [0, 0.05) is 45.3 Å². The van der Waals surface area contributed by atoms with Crippen LogP contribution in [0.15, 0.2) is 0 Å². The third-order valence-corrected chi connectivity index (χ3v) is 4.36. The van der Waals surface area contributed by atoms with E-state index >= 15 is 0 Å². The van der Waals surface area contributed by atoms with E-state index in [4.69, 9.17) is 19.1 Å². The van der Waals surface area contributed by atoms with Crippen LogP contribution in [0.3, 0.4) is 0 Å². The zero-order valence-electron chi connectivity index (χ0n) is 17.2. The number of nitrogens with zero attached hydrogens (tertiary/aromatic N) is 2. The molecular formula is C19H26N2O10. The lowest BCUT2D eigenvalue weighted by Gasteiger charge is -2.12. The van der Waals surface area contributed by atoms with Crippen LogP contribution in [0.1, 0.15) is 57.8 Å². The second kappa shape index (κ2) is 12.7. The summed E-state index contributed by atoms with van der Waals surface area (Å²) in [5, 5.41) is 1.05. The highest BCUT2D eigenvalue weighted by Crippen LogP contribution is 2.14. The molecule has 4 amide bonds. The molecule has 0 spiro atoms. The van der Waals surface area contributed by atoms with Gasteiger partial charge in [0.05, 0.1) is 19.6 Å². The Labute approximate surface area is 178 Å². The van der Waals surface area contributed by atoms with Crippen molar-refractivity contribution in [2.45, 2.75) is 57.8 Å². The Bertz CT molecular complexity index is 618. The number of unbranched alkanes of at least 4 members (excludes halogenated alkanes) is 1. The molecule has 0 atom stereocenters. The predicted molar refractivity (Wildman–Crippen MR) is 99.1 cm³/mol. The van der Waals surface area contributed by atoms with Crippen LogP contribution in [0.5, 0.6) is 0 Å². The first kappa shape index (κ1) is 24.4. The number of rotatable bonds is 14. The quantitative estimate of drug-likeness (QED) is 0.270. The lowest BCUT2D eigenvalue weighted by Crippen LogP contribution is -2.32. The van der Waals surface area contributed by atoms with Crippen molar-refractivity contribution >= 4 is 35.6 Å². The summed E-state index contributed by atoms with van der Waals surface area (Å²) in [6, 6.07) is 0. The van der Waals surface area contributed by atoms with Crippen LogP contribution in [-0.2, 0) is 47.9 Å². The highest BCUT2D eigenvalue weighted by atomic mass is 16.7. The van der Waals surface area contributed by atoms with Crippen LogP contribution in [0.2, 0.25) is 0 Å². The molecule has 2 fully saturated rings. The van der Waals surface area contributed by atoms with Gasteiger partial charge in [-0.2, -0.15) is 0 Å². The van der Waals surface area contributed by atoms with Gasteiger partial charge in [-0.15, -0.1) is 10.1 Å². The van der Waals surface area contributed by atoms with E-state index in [1.165, 1.54) is 0 Å². The smallest absolute Gasteiger partial charge is 0.333 e. The molecule has 0 unspecified atom stereocenters. The highest BCUT2D eigenvalue weighted by Gasteiger charge is 2.33. The minimum atomic E-state index is -0.666. The van der Waals surface area contributed by atoms with Crippen molar-refractivity contribution in [1.29, 1.82) is 0 Å². The molecule has 2 aliphatic rings. The third kappa shape index (κ3) is 8.42. The van der Waals surface area contributed by atoms with Crippen molar-refractivity contribution in [1.82, 2.24) is 10.1 Å². The molecule has 0 aromatic rings. The average Bonchev–Trinajstić information content (AvgIpc) is 3.22. The molecule has 31 heavy (non-hydrogen) atoms. The molecule has 0 saturated carbocycles. The first-order chi connectivity index (χ1) is 14.9. The number of carbonyl (C=O) groups excluding carboxylic acids is 6. The maximum Gasteiger partial charge on any atom is 0.333 e. The minimum Gasteiger partial charge on any atom is -0.379 e. The fraction of sp³-hybridized carbons (Fsp3) is 0.684. The number of amides is 4. The molecule has 0 aliphatic carbocycles. The van der Waals surface area contributed by atoms with Crippen molar-refractivity contribution in [3.05, 3.63) is 0 Å². The van der Waals surface area contributed by atoms with Gasteiger partial charge >= 0.3 is 11.9 Å². The molecule has 0 aromatic heterocycles. The second-order valence-electron chi connectivity index (χ2n) is 6.88. The van der Waals surface area contributed by atoms with E-state index in [-0.39, 0.29) is 38.5 Å². The molecule has 2 rings (SSSR count). The van der Waals surface area contributed by atoms with Crippen molar-refractivity contribution in [2.75, 3.05) is 26.4 Å². The third-order valence-electron chi connectivity index (χ3n) is 4.36. The number of carbonyl (C=O) groups is 6. The van der Waals surface area contributed by atoms with Crippen LogP contribution in [0.4, 0.5) is 0 Å². The molecule has 0 bridgehead atoms. The van der Waals surface area contributed by atoms with Crippen LogP contribution < -0.4 is 0 Å². The van der Waals surface area contributed by atoms with Gasteiger partial charge in [0.25, 0.3) is 23.6 Å². The minimum absolute atomic E-state index is 0.0165. The summed E-state index contributed by atoms with van der Waals surface area (Å²) >= 11 is 0. The number of imide groups is 2. The van der Waals surface area contributed by atoms with Crippen molar-refractivity contribution in [3.8, 4) is 0 Å². The Morgan fingerprint density at radius 2 is 0.968 bits per heavy atom. The Morgan fingerprint density at radius 3 is 1.42 bits per heavy atom. The van der Waals surface area contributed by atoms with E-state index in [0.29, 0.717) is 55.8 Å². The van der Waals surface area contributed by atoms with E-state index in [2.05, 4.69) is 0 Å². The SMILES string of the molecule is O=C(CCCCOCCOCCCC(=O)ON1C(=O)CCC1=O)ON1C(=O)CCC1=O. The molecule has 2 aliphatic heterocycles.